The van der Waals surface area contributed by atoms with E-state index in [1.807, 2.05) is 0 Å². The minimum Gasteiger partial charge on any atom is -0.396 e. The molecule has 0 aliphatic heterocycles. The van der Waals surface area contributed by atoms with Gasteiger partial charge in [0, 0.05) is 5.02 Å². The van der Waals surface area contributed by atoms with E-state index in [1.165, 1.54) is 6.92 Å². The third-order valence-electron chi connectivity index (χ3n) is 2.40. The Morgan fingerprint density at radius 1 is 1.50 bits per heavy atom. The molecule has 11 heteroatoms. The van der Waals surface area contributed by atoms with Crippen LogP contribution in [0.4, 0.5) is 10.1 Å². The van der Waals surface area contributed by atoms with Gasteiger partial charge in [0.05, 0.1) is 11.7 Å². The second kappa shape index (κ2) is 5.31. The zero-order valence-electron chi connectivity index (χ0n) is 10.1. The molecule has 0 fully saturated rings. The molecule has 0 saturated heterocycles. The van der Waals surface area contributed by atoms with Gasteiger partial charge >= 0.3 is 0 Å². The Morgan fingerprint density at radius 3 is 2.80 bits per heavy atom. The Balaban J connectivity index is 2.36. The van der Waals surface area contributed by atoms with Gasteiger partial charge in [-0.2, -0.15) is 5.21 Å². The number of aromatic nitrogens is 4. The summed E-state index contributed by atoms with van der Waals surface area (Å²) in [5, 5.41) is 12.8. The first-order valence-electron chi connectivity index (χ1n) is 5.31. The van der Waals surface area contributed by atoms with E-state index in [9.17, 15) is 12.8 Å². The maximum atomic E-state index is 13.8. The second-order valence-corrected chi connectivity index (χ2v) is 6.04. The molecule has 0 spiro atoms. The number of sulfonamides is 1. The molecule has 0 aliphatic carbocycles. The first-order valence-corrected chi connectivity index (χ1v) is 7.17. The van der Waals surface area contributed by atoms with E-state index < -0.39 is 26.8 Å². The number of H-pyrrole nitrogens is 1. The molecule has 4 N–H and O–H groups in total. The van der Waals surface area contributed by atoms with Gasteiger partial charge in [-0.05, 0) is 19.1 Å². The lowest BCUT2D eigenvalue weighted by Gasteiger charge is -2.12. The maximum Gasteiger partial charge on any atom is 0.244 e. The van der Waals surface area contributed by atoms with Crippen LogP contribution in [0.2, 0.25) is 5.02 Å². The van der Waals surface area contributed by atoms with Crippen LogP contribution in [0.1, 0.15) is 18.8 Å². The molecule has 0 aliphatic rings. The van der Waals surface area contributed by atoms with Gasteiger partial charge in [0.2, 0.25) is 10.0 Å². The molecule has 0 bridgehead atoms. The van der Waals surface area contributed by atoms with Crippen LogP contribution in [0.3, 0.4) is 0 Å². The fourth-order valence-electron chi connectivity index (χ4n) is 1.48. The molecule has 20 heavy (non-hydrogen) atoms. The van der Waals surface area contributed by atoms with E-state index in [-0.39, 0.29) is 16.5 Å². The molecule has 1 aromatic heterocycles. The molecule has 108 valence electrons. The number of nitrogens with two attached hydrogens (primary N) is 1. The highest BCUT2D eigenvalue weighted by Crippen LogP contribution is 2.26. The van der Waals surface area contributed by atoms with Gasteiger partial charge in [0.25, 0.3) is 0 Å². The third kappa shape index (κ3) is 2.86. The van der Waals surface area contributed by atoms with Crippen molar-refractivity contribution < 1.29 is 12.8 Å². The number of rotatable bonds is 4. The average molecular weight is 321 g/mol. The molecule has 2 aromatic rings. The van der Waals surface area contributed by atoms with Crippen molar-refractivity contribution in [2.45, 2.75) is 17.9 Å². The van der Waals surface area contributed by atoms with Crippen molar-refractivity contribution in [3.8, 4) is 0 Å². The smallest absolute Gasteiger partial charge is 0.244 e. The number of anilines is 1. The Labute approximate surface area is 118 Å². The molecular weight excluding hydrogens is 311 g/mol. The number of nitrogens with one attached hydrogen (secondary N) is 2. The summed E-state index contributed by atoms with van der Waals surface area (Å²) in [5.41, 5.74) is 5.00. The normalized spacial score (nSPS) is 13.3. The summed E-state index contributed by atoms with van der Waals surface area (Å²) >= 11 is 5.69. The van der Waals surface area contributed by atoms with Gasteiger partial charge in [-0.15, -0.1) is 10.2 Å². The van der Waals surface area contributed by atoms with Gasteiger partial charge in [-0.25, -0.2) is 17.5 Å². The maximum absolute atomic E-state index is 13.8. The summed E-state index contributed by atoms with van der Waals surface area (Å²) in [6.07, 6.45) is 0. The Bertz CT molecular complexity index is 720. The summed E-state index contributed by atoms with van der Waals surface area (Å²) in [7, 11) is -4.17. The van der Waals surface area contributed by atoms with Crippen LogP contribution >= 0.6 is 11.6 Å². The molecule has 1 unspecified atom stereocenters. The lowest BCUT2D eigenvalue weighted by Crippen LogP contribution is -2.28. The summed E-state index contributed by atoms with van der Waals surface area (Å²) < 4.78 is 40.2. The molecule has 8 nitrogen and oxygen atoms in total. The van der Waals surface area contributed by atoms with Crippen LogP contribution < -0.4 is 10.5 Å². The fourth-order valence-corrected chi connectivity index (χ4v) is 3.11. The fraction of sp³-hybridized carbons (Fsp3) is 0.222. The zero-order chi connectivity index (χ0) is 14.9. The molecule has 1 aromatic carbocycles. The van der Waals surface area contributed by atoms with Crippen LogP contribution in [0.15, 0.2) is 17.0 Å². The largest absolute Gasteiger partial charge is 0.396 e. The van der Waals surface area contributed by atoms with E-state index >= 15 is 0 Å². The topological polar surface area (TPSA) is 127 Å². The summed E-state index contributed by atoms with van der Waals surface area (Å²) in [4.78, 5) is -0.641. The summed E-state index contributed by atoms with van der Waals surface area (Å²) in [5.74, 6) is -0.953. The van der Waals surface area contributed by atoms with Crippen molar-refractivity contribution >= 4 is 27.3 Å². The Morgan fingerprint density at radius 2 is 2.20 bits per heavy atom. The van der Waals surface area contributed by atoms with Crippen molar-refractivity contribution in [1.82, 2.24) is 25.3 Å². The highest BCUT2D eigenvalue weighted by atomic mass is 35.5. The number of hydrogen-bond acceptors (Lipinski definition) is 6. The predicted octanol–water partition coefficient (Wildman–Crippen LogP) is 0.614. The van der Waals surface area contributed by atoms with Crippen molar-refractivity contribution in [3.05, 3.63) is 28.8 Å². The number of nitrogens with zero attached hydrogens (tertiary/aromatic N) is 3. The van der Waals surface area contributed by atoms with Gasteiger partial charge in [-0.3, -0.25) is 0 Å². The van der Waals surface area contributed by atoms with E-state index in [1.54, 1.807) is 0 Å². The number of aromatic amines is 1. The summed E-state index contributed by atoms with van der Waals surface area (Å²) in [6, 6.07) is 1.29. The average Bonchev–Trinajstić information content (AvgIpc) is 2.86. The lowest BCUT2D eigenvalue weighted by atomic mass is 10.3. The number of hydrogen-bond donors (Lipinski definition) is 3. The van der Waals surface area contributed by atoms with E-state index in [2.05, 4.69) is 25.3 Å². The first-order chi connectivity index (χ1) is 9.31. The number of benzene rings is 1. The molecule has 2 rings (SSSR count). The van der Waals surface area contributed by atoms with Crippen molar-refractivity contribution in [2.75, 3.05) is 5.73 Å². The van der Waals surface area contributed by atoms with Crippen LogP contribution in [-0.4, -0.2) is 29.0 Å². The van der Waals surface area contributed by atoms with Crippen LogP contribution in [0, 0.1) is 5.82 Å². The molecular formula is C9H10ClFN6O2S. The Kier molecular flexibility index (Phi) is 3.88. The highest BCUT2D eigenvalue weighted by Gasteiger charge is 2.25. The molecule has 0 saturated carbocycles. The highest BCUT2D eigenvalue weighted by molar-refractivity contribution is 7.89. The van der Waals surface area contributed by atoms with Crippen molar-refractivity contribution in [1.29, 1.82) is 0 Å². The predicted molar refractivity (Wildman–Crippen MR) is 68.7 cm³/mol. The molecule has 1 atom stereocenters. The Hall–Kier alpha value is -1.78. The summed E-state index contributed by atoms with van der Waals surface area (Å²) in [6.45, 7) is 1.48. The van der Waals surface area contributed by atoms with Gasteiger partial charge in [0.1, 0.15) is 4.90 Å². The minimum absolute atomic E-state index is 0.0106. The SMILES string of the molecule is CC(NS(=O)(=O)c1cc(Cl)cc(N)c1F)c1nn[nH]n1. The van der Waals surface area contributed by atoms with Crippen molar-refractivity contribution in [2.24, 2.45) is 0 Å². The minimum atomic E-state index is -4.17. The van der Waals surface area contributed by atoms with Crippen LogP contribution in [0.5, 0.6) is 0 Å². The monoisotopic (exact) mass is 320 g/mol. The molecule has 0 radical (unpaired) electrons. The first kappa shape index (κ1) is 14.6. The van der Waals surface area contributed by atoms with E-state index in [0.29, 0.717) is 0 Å². The zero-order valence-corrected chi connectivity index (χ0v) is 11.7. The molecule has 1 heterocycles. The van der Waals surface area contributed by atoms with Crippen LogP contribution in [-0.2, 0) is 10.0 Å². The quantitative estimate of drug-likeness (QED) is 0.708. The number of tetrazole rings is 1. The number of halogens is 2. The standard InChI is InChI=1S/C9H10ClFN6O2S/c1-4(9-13-16-17-14-9)15-20(18,19)7-3-5(10)2-6(12)8(7)11/h2-4,15H,12H2,1H3,(H,13,14,16,17). The van der Waals surface area contributed by atoms with E-state index in [4.69, 9.17) is 17.3 Å². The second-order valence-electron chi connectivity index (χ2n) is 3.92. The van der Waals surface area contributed by atoms with Crippen LogP contribution in [0.25, 0.3) is 0 Å². The van der Waals surface area contributed by atoms with Gasteiger partial charge < -0.3 is 5.73 Å². The number of nitrogen functional groups attached to an aromatic ring is 1. The van der Waals surface area contributed by atoms with Gasteiger partial charge in [-0.1, -0.05) is 16.8 Å². The van der Waals surface area contributed by atoms with Crippen molar-refractivity contribution in [3.63, 3.8) is 0 Å². The van der Waals surface area contributed by atoms with Gasteiger partial charge in [0.15, 0.2) is 11.6 Å². The molecule has 0 amide bonds. The third-order valence-corrected chi connectivity index (χ3v) is 4.16. The van der Waals surface area contributed by atoms with E-state index in [0.717, 1.165) is 12.1 Å². The lowest BCUT2D eigenvalue weighted by molar-refractivity contribution is 0.543.